The topological polar surface area (TPSA) is 18.5 Å². The first-order valence-electron chi connectivity index (χ1n) is 20.3. The summed E-state index contributed by atoms with van der Waals surface area (Å²) in [7, 11) is 0. The molecule has 0 spiro atoms. The zero-order chi connectivity index (χ0) is 59.0. The van der Waals surface area contributed by atoms with Crippen molar-refractivity contribution in [3.05, 3.63) is 0 Å². The third-order valence-corrected chi connectivity index (χ3v) is 9.99. The summed E-state index contributed by atoms with van der Waals surface area (Å²) in [6.45, 7) is 0.428. The van der Waals surface area contributed by atoms with Gasteiger partial charge in [-0.3, -0.25) is 0 Å². The van der Waals surface area contributed by atoms with E-state index in [9.17, 15) is 149 Å². The molecule has 2 nitrogen and oxygen atoms in total. The molecule has 0 aliphatic rings. The molecule has 74 heavy (non-hydrogen) atoms. The molecule has 0 unspecified atom stereocenters. The molecule has 0 N–H and O–H groups in total. The van der Waals surface area contributed by atoms with Crippen molar-refractivity contribution < 1.29 is 159 Å². The van der Waals surface area contributed by atoms with Crippen molar-refractivity contribution in [3.8, 4) is 23.7 Å². The third-order valence-electron chi connectivity index (χ3n) is 9.99. The standard InChI is InChI=1S/C38H36F34O2/c39-23(40,25(43,44)27(47,48)29(51,52)31(55,56)33(59,60)35(63,64)37(67,68)69)17-13-9-5-1-3-7-11-15-19-73-21-22-74-20-16-12-8-4-2-6-10-14-18-24(41,42)26(45,46)28(49,50)30(53,54)32(57,58)34(61,62)36(65,66)38(70,71)72/h1-12,15-16,19-22H2. The fraction of sp³-hybridized carbons (Fsp3) is 0.895. The van der Waals surface area contributed by atoms with Crippen molar-refractivity contribution in [3.63, 3.8) is 0 Å². The lowest BCUT2D eigenvalue weighted by molar-refractivity contribution is -0.459. The summed E-state index contributed by atoms with van der Waals surface area (Å²) in [5.74, 6) is -112. The van der Waals surface area contributed by atoms with Crippen molar-refractivity contribution in [2.24, 2.45) is 0 Å². The van der Waals surface area contributed by atoms with E-state index in [0.717, 1.165) is 11.8 Å². The van der Waals surface area contributed by atoms with Gasteiger partial charge in [0.05, 0.1) is 13.2 Å². The van der Waals surface area contributed by atoms with Crippen LogP contribution in [0.25, 0.3) is 0 Å². The van der Waals surface area contributed by atoms with Gasteiger partial charge in [0.2, 0.25) is 0 Å². The number of rotatable bonds is 31. The lowest BCUT2D eigenvalue weighted by Gasteiger charge is -2.42. The fourth-order valence-corrected chi connectivity index (χ4v) is 5.40. The van der Waals surface area contributed by atoms with E-state index >= 15 is 0 Å². The van der Waals surface area contributed by atoms with Gasteiger partial charge in [-0.05, 0) is 37.5 Å². The molecule has 0 amide bonds. The summed E-state index contributed by atoms with van der Waals surface area (Å²) < 4.78 is 463. The van der Waals surface area contributed by atoms with E-state index in [-0.39, 0.29) is 76.8 Å². The van der Waals surface area contributed by atoms with Crippen LogP contribution in [0.5, 0.6) is 0 Å². The average molecular weight is 1170 g/mol. The van der Waals surface area contributed by atoms with Crippen molar-refractivity contribution in [2.45, 2.75) is 185 Å². The quantitative estimate of drug-likeness (QED) is 0.0391. The molecule has 0 rings (SSSR count). The second kappa shape index (κ2) is 24.1. The van der Waals surface area contributed by atoms with Crippen LogP contribution in [0.1, 0.15) is 89.9 Å². The Morgan fingerprint density at radius 1 is 0.203 bits per heavy atom. The molecule has 0 aliphatic heterocycles. The van der Waals surface area contributed by atoms with Crippen molar-refractivity contribution >= 4 is 0 Å². The highest BCUT2D eigenvalue weighted by Gasteiger charge is 2.97. The van der Waals surface area contributed by atoms with E-state index in [2.05, 4.69) is 0 Å². The Kier molecular flexibility index (Phi) is 23.0. The molecule has 0 aromatic carbocycles. The monoisotopic (exact) mass is 1170 g/mol. The Morgan fingerprint density at radius 2 is 0.392 bits per heavy atom. The van der Waals surface area contributed by atoms with E-state index in [1.54, 1.807) is 0 Å². The van der Waals surface area contributed by atoms with E-state index in [1.807, 2.05) is 0 Å². The first-order valence-corrected chi connectivity index (χ1v) is 20.3. The van der Waals surface area contributed by atoms with Crippen molar-refractivity contribution in [2.75, 3.05) is 26.4 Å². The number of alkyl halides is 34. The molecule has 0 heterocycles. The van der Waals surface area contributed by atoms with Crippen LogP contribution >= 0.6 is 0 Å². The zero-order valence-electron chi connectivity index (χ0n) is 36.4. The average Bonchev–Trinajstić information content (AvgIpc) is 3.23. The zero-order valence-corrected chi connectivity index (χ0v) is 36.4. The van der Waals surface area contributed by atoms with E-state index in [4.69, 9.17) is 9.47 Å². The molecule has 0 atom stereocenters. The SMILES string of the molecule is FC(F)(F)C(F)(F)C(F)(F)C(F)(F)C(F)(F)C(F)(F)C(F)(F)C(F)(F)C#CCCCCCCCCOCCOCCCCCCCCC#CC(F)(F)C(F)(F)C(F)(F)C(F)(F)C(F)(F)C(F)(F)C(F)(F)C(F)(F)F. The van der Waals surface area contributed by atoms with Gasteiger partial charge in [0.15, 0.2) is 0 Å². The molecule has 0 bridgehead atoms. The maximum Gasteiger partial charge on any atom is 0.460 e. The molecule has 438 valence electrons. The second-order valence-corrected chi connectivity index (χ2v) is 15.6. The van der Waals surface area contributed by atoms with Gasteiger partial charge in [0, 0.05) is 26.1 Å². The minimum Gasteiger partial charge on any atom is -0.379 e. The van der Waals surface area contributed by atoms with E-state index in [1.165, 1.54) is 0 Å². The summed E-state index contributed by atoms with van der Waals surface area (Å²) in [6.07, 6.45) is -14.9. The van der Waals surface area contributed by atoms with Crippen LogP contribution in [-0.4, -0.2) is 122 Å². The molecule has 0 aromatic heterocycles. The maximum atomic E-state index is 13.9. The smallest absolute Gasteiger partial charge is 0.379 e. The van der Waals surface area contributed by atoms with Crippen LogP contribution in [0.3, 0.4) is 0 Å². The van der Waals surface area contributed by atoms with E-state index in [0.29, 0.717) is 38.5 Å². The molecule has 0 saturated heterocycles. The molecular weight excluding hydrogens is 1130 g/mol. The van der Waals surface area contributed by atoms with Crippen LogP contribution in [0.2, 0.25) is 0 Å². The van der Waals surface area contributed by atoms with Crippen LogP contribution < -0.4 is 0 Å². The third kappa shape index (κ3) is 13.7. The highest BCUT2D eigenvalue weighted by atomic mass is 19.4. The van der Waals surface area contributed by atoms with Gasteiger partial charge < -0.3 is 9.47 Å². The lowest BCUT2D eigenvalue weighted by atomic mass is 9.89. The Bertz CT molecular complexity index is 1740. The maximum absolute atomic E-state index is 13.9. The van der Waals surface area contributed by atoms with Gasteiger partial charge >= 0.3 is 95.3 Å². The first-order chi connectivity index (χ1) is 32.7. The number of ether oxygens (including phenoxy) is 2. The Balaban J connectivity index is 4.61. The predicted molar refractivity (Wildman–Crippen MR) is 183 cm³/mol. The van der Waals surface area contributed by atoms with Crippen molar-refractivity contribution in [1.82, 2.24) is 0 Å². The number of hydrogen-bond acceptors (Lipinski definition) is 2. The summed E-state index contributed by atoms with van der Waals surface area (Å²) in [5, 5.41) is 0. The predicted octanol–water partition coefficient (Wildman–Crippen LogP) is 16.5. The largest absolute Gasteiger partial charge is 0.460 e. The van der Waals surface area contributed by atoms with Crippen molar-refractivity contribution in [1.29, 1.82) is 0 Å². The molecule has 0 aromatic rings. The molecule has 0 saturated carbocycles. The van der Waals surface area contributed by atoms with Crippen LogP contribution in [-0.2, 0) is 9.47 Å². The Hall–Kier alpha value is -3.34. The van der Waals surface area contributed by atoms with Gasteiger partial charge in [0.1, 0.15) is 0 Å². The fourth-order valence-electron chi connectivity index (χ4n) is 5.40. The summed E-state index contributed by atoms with van der Waals surface area (Å²) >= 11 is 0. The van der Waals surface area contributed by atoms with Gasteiger partial charge in [-0.15, -0.1) is 0 Å². The molecule has 0 radical (unpaired) electrons. The molecule has 0 fully saturated rings. The Morgan fingerprint density at radius 3 is 0.622 bits per heavy atom. The van der Waals surface area contributed by atoms with Gasteiger partial charge in [-0.1, -0.05) is 63.2 Å². The normalized spacial score (nSPS) is 15.2. The molecular formula is C38H36F34O2. The summed E-state index contributed by atoms with van der Waals surface area (Å²) in [5.41, 5.74) is 0. The van der Waals surface area contributed by atoms with Crippen LogP contribution in [0.15, 0.2) is 0 Å². The molecule has 0 aliphatic carbocycles. The van der Waals surface area contributed by atoms with E-state index < -0.39 is 108 Å². The number of hydrogen-bond donors (Lipinski definition) is 0. The van der Waals surface area contributed by atoms with Crippen LogP contribution in [0.4, 0.5) is 149 Å². The summed E-state index contributed by atoms with van der Waals surface area (Å²) in [6, 6.07) is 0. The van der Waals surface area contributed by atoms with Gasteiger partial charge in [-0.2, -0.15) is 149 Å². The highest BCUT2D eigenvalue weighted by molar-refractivity contribution is 5.24. The van der Waals surface area contributed by atoms with Crippen LogP contribution in [0, 0.1) is 23.7 Å². The van der Waals surface area contributed by atoms with Gasteiger partial charge in [0.25, 0.3) is 0 Å². The van der Waals surface area contributed by atoms with Gasteiger partial charge in [-0.25, -0.2) is 0 Å². The first kappa shape index (κ1) is 70.7. The molecule has 36 heteroatoms. The minimum absolute atomic E-state index is 0.0505. The number of halogens is 34. The summed E-state index contributed by atoms with van der Waals surface area (Å²) in [4.78, 5) is 0. The second-order valence-electron chi connectivity index (χ2n) is 15.6. The highest BCUT2D eigenvalue weighted by Crippen LogP contribution is 2.66. The lowest BCUT2D eigenvalue weighted by Crippen LogP contribution is -2.74. The number of unbranched alkanes of at least 4 members (excludes halogenated alkanes) is 12. The Labute approximate surface area is 394 Å². The minimum atomic E-state index is -8.73.